The maximum absolute atomic E-state index is 3.41. The number of piperazine rings is 1. The van der Waals surface area contributed by atoms with Crippen molar-refractivity contribution in [2.45, 2.75) is 13.0 Å². The molecule has 0 aliphatic carbocycles. The number of rotatable bonds is 2. The van der Waals surface area contributed by atoms with Gasteiger partial charge in [-0.25, -0.2) is 0 Å². The first-order valence-electron chi connectivity index (χ1n) is 6.27. The Bertz CT molecular complexity index is 500. The van der Waals surface area contributed by atoms with Crippen molar-refractivity contribution in [1.29, 1.82) is 0 Å². The summed E-state index contributed by atoms with van der Waals surface area (Å²) in [5.41, 5.74) is 1.49. The van der Waals surface area contributed by atoms with Gasteiger partial charge in [0, 0.05) is 36.9 Å². The van der Waals surface area contributed by atoms with Crippen LogP contribution in [0.1, 0.15) is 18.5 Å². The van der Waals surface area contributed by atoms with Crippen molar-refractivity contribution in [3.63, 3.8) is 0 Å². The van der Waals surface area contributed by atoms with Gasteiger partial charge in [0.25, 0.3) is 0 Å². The van der Waals surface area contributed by atoms with E-state index in [1.54, 1.807) is 0 Å². The summed E-state index contributed by atoms with van der Waals surface area (Å²) >= 11 is 1.86. The summed E-state index contributed by atoms with van der Waals surface area (Å²) in [5.74, 6) is 0. The highest BCUT2D eigenvalue weighted by atomic mass is 32.1. The van der Waals surface area contributed by atoms with Crippen molar-refractivity contribution in [3.8, 4) is 0 Å². The van der Waals surface area contributed by atoms with Gasteiger partial charge in [-0.05, 0) is 29.3 Å². The molecule has 1 aliphatic heterocycles. The van der Waals surface area contributed by atoms with Crippen molar-refractivity contribution < 1.29 is 0 Å². The van der Waals surface area contributed by atoms with E-state index in [9.17, 15) is 0 Å². The molecule has 1 aromatic heterocycles. The Balaban J connectivity index is 1.92. The minimum Gasteiger partial charge on any atom is -0.314 e. The van der Waals surface area contributed by atoms with Gasteiger partial charge in [-0.15, -0.1) is 11.3 Å². The molecule has 17 heavy (non-hydrogen) atoms. The predicted molar refractivity (Wildman–Crippen MR) is 74.7 cm³/mol. The normalized spacial score (nSPS) is 19.6. The van der Waals surface area contributed by atoms with E-state index in [0.29, 0.717) is 6.04 Å². The van der Waals surface area contributed by atoms with E-state index in [2.05, 4.69) is 46.8 Å². The quantitative estimate of drug-likeness (QED) is 0.876. The van der Waals surface area contributed by atoms with E-state index in [1.165, 1.54) is 15.6 Å². The first-order chi connectivity index (χ1) is 8.36. The fourth-order valence-corrected chi connectivity index (χ4v) is 3.64. The second-order valence-corrected chi connectivity index (χ2v) is 5.56. The van der Waals surface area contributed by atoms with Crippen molar-refractivity contribution >= 4 is 21.4 Å². The number of fused-ring (bicyclic) bond motifs is 1. The molecule has 0 saturated carbocycles. The average Bonchev–Trinajstić information content (AvgIpc) is 2.83. The molecular weight excluding hydrogens is 228 g/mol. The summed E-state index contributed by atoms with van der Waals surface area (Å²) in [6.07, 6.45) is 0. The maximum Gasteiger partial charge on any atom is 0.0346 e. The van der Waals surface area contributed by atoms with E-state index in [1.807, 2.05) is 11.3 Å². The zero-order valence-corrected chi connectivity index (χ0v) is 11.0. The standard InChI is InChI=1S/C14H18N2S/c1-11(16-8-6-15-7-9-16)13-10-17-14-5-3-2-4-12(13)14/h2-5,10-11,15H,6-9H2,1H3/t11-/m0/s1. The largest absolute Gasteiger partial charge is 0.314 e. The lowest BCUT2D eigenvalue weighted by Gasteiger charge is -2.32. The third-order valence-electron chi connectivity index (χ3n) is 3.66. The van der Waals surface area contributed by atoms with E-state index in [-0.39, 0.29) is 0 Å². The molecular formula is C14H18N2S. The predicted octanol–water partition coefficient (Wildman–Crippen LogP) is 2.87. The molecule has 2 aromatic rings. The van der Waals surface area contributed by atoms with Crippen LogP contribution in [0, 0.1) is 0 Å². The highest BCUT2D eigenvalue weighted by Gasteiger charge is 2.20. The van der Waals surface area contributed by atoms with Gasteiger partial charge in [-0.3, -0.25) is 4.90 Å². The lowest BCUT2D eigenvalue weighted by atomic mass is 10.1. The van der Waals surface area contributed by atoms with Gasteiger partial charge in [0.1, 0.15) is 0 Å². The Labute approximate surface area is 106 Å². The van der Waals surface area contributed by atoms with Crippen LogP contribution in [-0.4, -0.2) is 31.1 Å². The third-order valence-corrected chi connectivity index (χ3v) is 4.64. The lowest BCUT2D eigenvalue weighted by Crippen LogP contribution is -2.44. The van der Waals surface area contributed by atoms with Gasteiger partial charge in [0.05, 0.1) is 0 Å². The molecule has 1 atom stereocenters. The van der Waals surface area contributed by atoms with Crippen molar-refractivity contribution in [2.24, 2.45) is 0 Å². The molecule has 1 fully saturated rings. The maximum atomic E-state index is 3.41. The van der Waals surface area contributed by atoms with Crippen molar-refractivity contribution in [3.05, 3.63) is 35.2 Å². The van der Waals surface area contributed by atoms with Gasteiger partial charge in [-0.2, -0.15) is 0 Å². The summed E-state index contributed by atoms with van der Waals surface area (Å²) in [7, 11) is 0. The number of nitrogens with zero attached hydrogens (tertiary/aromatic N) is 1. The molecule has 90 valence electrons. The van der Waals surface area contributed by atoms with Crippen LogP contribution in [0.5, 0.6) is 0 Å². The molecule has 1 aliphatic rings. The number of nitrogens with one attached hydrogen (secondary N) is 1. The molecule has 2 nitrogen and oxygen atoms in total. The van der Waals surface area contributed by atoms with E-state index >= 15 is 0 Å². The van der Waals surface area contributed by atoms with Gasteiger partial charge in [-0.1, -0.05) is 18.2 Å². The summed E-state index contributed by atoms with van der Waals surface area (Å²) in [6, 6.07) is 9.27. The van der Waals surface area contributed by atoms with E-state index in [4.69, 9.17) is 0 Å². The molecule has 0 bridgehead atoms. The first kappa shape index (κ1) is 11.2. The Hall–Kier alpha value is -0.900. The molecule has 1 aromatic carbocycles. The van der Waals surface area contributed by atoms with Gasteiger partial charge in [0.2, 0.25) is 0 Å². The van der Waals surface area contributed by atoms with E-state index < -0.39 is 0 Å². The molecule has 0 amide bonds. The zero-order chi connectivity index (χ0) is 11.7. The van der Waals surface area contributed by atoms with Crippen LogP contribution < -0.4 is 5.32 Å². The topological polar surface area (TPSA) is 15.3 Å². The Morgan fingerprint density at radius 3 is 2.82 bits per heavy atom. The van der Waals surface area contributed by atoms with Crippen LogP contribution in [0.4, 0.5) is 0 Å². The number of benzene rings is 1. The molecule has 1 N–H and O–H groups in total. The summed E-state index contributed by atoms with van der Waals surface area (Å²) in [6.45, 7) is 6.88. The SMILES string of the molecule is C[C@@H](c1csc2ccccc12)N1CCNCC1. The first-order valence-corrected chi connectivity index (χ1v) is 7.15. The number of thiophene rings is 1. The summed E-state index contributed by atoms with van der Waals surface area (Å²) < 4.78 is 1.41. The van der Waals surface area contributed by atoms with Gasteiger partial charge in [0.15, 0.2) is 0 Å². The number of hydrogen-bond acceptors (Lipinski definition) is 3. The average molecular weight is 246 g/mol. The fraction of sp³-hybridized carbons (Fsp3) is 0.429. The molecule has 3 rings (SSSR count). The number of hydrogen-bond donors (Lipinski definition) is 1. The fourth-order valence-electron chi connectivity index (χ4n) is 2.59. The highest BCUT2D eigenvalue weighted by molar-refractivity contribution is 7.17. The van der Waals surface area contributed by atoms with Crippen molar-refractivity contribution in [1.82, 2.24) is 10.2 Å². The zero-order valence-electron chi connectivity index (χ0n) is 10.1. The molecule has 2 heterocycles. The van der Waals surface area contributed by atoms with Gasteiger partial charge >= 0.3 is 0 Å². The molecule has 1 saturated heterocycles. The minimum atomic E-state index is 0.535. The Kier molecular flexibility index (Phi) is 3.14. The lowest BCUT2D eigenvalue weighted by molar-refractivity contribution is 0.187. The molecule has 0 spiro atoms. The third kappa shape index (κ3) is 2.10. The molecule has 0 radical (unpaired) electrons. The van der Waals surface area contributed by atoms with Crippen LogP contribution in [-0.2, 0) is 0 Å². The van der Waals surface area contributed by atoms with Crippen LogP contribution in [0.25, 0.3) is 10.1 Å². The van der Waals surface area contributed by atoms with Crippen LogP contribution in [0.2, 0.25) is 0 Å². The monoisotopic (exact) mass is 246 g/mol. The summed E-state index contributed by atoms with van der Waals surface area (Å²) in [5, 5.41) is 7.18. The second-order valence-electron chi connectivity index (χ2n) is 4.65. The van der Waals surface area contributed by atoms with E-state index in [0.717, 1.165) is 26.2 Å². The Morgan fingerprint density at radius 2 is 2.00 bits per heavy atom. The Morgan fingerprint density at radius 1 is 1.24 bits per heavy atom. The van der Waals surface area contributed by atoms with Gasteiger partial charge < -0.3 is 5.32 Å². The highest BCUT2D eigenvalue weighted by Crippen LogP contribution is 2.32. The minimum absolute atomic E-state index is 0.535. The van der Waals surface area contributed by atoms with Crippen LogP contribution in [0.3, 0.4) is 0 Å². The molecule has 3 heteroatoms. The summed E-state index contributed by atoms with van der Waals surface area (Å²) in [4.78, 5) is 2.57. The smallest absolute Gasteiger partial charge is 0.0346 e. The second kappa shape index (κ2) is 4.77. The van der Waals surface area contributed by atoms with Crippen LogP contribution in [0.15, 0.2) is 29.6 Å². The van der Waals surface area contributed by atoms with Crippen LogP contribution >= 0.6 is 11.3 Å². The van der Waals surface area contributed by atoms with Crippen molar-refractivity contribution in [2.75, 3.05) is 26.2 Å². The molecule has 0 unspecified atom stereocenters.